The smallest absolute Gasteiger partial charge is 0.319 e. The van der Waals surface area contributed by atoms with Crippen molar-refractivity contribution in [3.63, 3.8) is 0 Å². The summed E-state index contributed by atoms with van der Waals surface area (Å²) in [6, 6.07) is 10.9. The van der Waals surface area contributed by atoms with Crippen LogP contribution in [0.15, 0.2) is 53.9 Å². The lowest BCUT2D eigenvalue weighted by molar-refractivity contribution is 0.0911. The number of aromatic nitrogens is 1. The lowest BCUT2D eigenvalue weighted by Crippen LogP contribution is -2.54. The van der Waals surface area contributed by atoms with Crippen LogP contribution in [0.25, 0.3) is 0 Å². The molecule has 0 radical (unpaired) electrons. The Kier molecular flexibility index (Phi) is 7.69. The number of halogens is 2. The molecule has 10 heteroatoms. The van der Waals surface area contributed by atoms with Gasteiger partial charge < -0.3 is 20.7 Å². The van der Waals surface area contributed by atoms with Gasteiger partial charge in [-0.3, -0.25) is 4.79 Å². The fourth-order valence-electron chi connectivity index (χ4n) is 3.79. The molecule has 4 rings (SSSR count). The van der Waals surface area contributed by atoms with Gasteiger partial charge in [0.25, 0.3) is 5.91 Å². The molecule has 1 fully saturated rings. The van der Waals surface area contributed by atoms with E-state index < -0.39 is 17.7 Å². The van der Waals surface area contributed by atoms with Crippen molar-refractivity contribution < 1.29 is 23.1 Å². The standard InChI is InChI=1S/C24H24F2N4O3S/c25-15-7-1-3-9-17(15)29-24(32)30-19-11-5-4-10-18(19)28-23(31)20-14-34-22(27-20)13-33-21-12-6-2-8-16(21)26/h1-3,6-9,12,14,18-19H,4-5,10-11,13H2,(H,28,31)(H2,29,30,32). The summed E-state index contributed by atoms with van der Waals surface area (Å²) < 4.78 is 32.9. The fraction of sp³-hybridized carbons (Fsp3) is 0.292. The summed E-state index contributed by atoms with van der Waals surface area (Å²) >= 11 is 1.24. The number of anilines is 1. The number of ether oxygens (including phenoxy) is 1. The topological polar surface area (TPSA) is 92.4 Å². The number of carbonyl (C=O) groups excluding carboxylic acids is 2. The maximum Gasteiger partial charge on any atom is 0.319 e. The molecular weight excluding hydrogens is 462 g/mol. The molecule has 0 saturated heterocycles. The summed E-state index contributed by atoms with van der Waals surface area (Å²) in [4.78, 5) is 29.5. The normalized spacial score (nSPS) is 17.6. The van der Waals surface area contributed by atoms with Crippen LogP contribution in [0.2, 0.25) is 0 Å². The second-order valence-electron chi connectivity index (χ2n) is 7.89. The maximum atomic E-state index is 13.8. The summed E-state index contributed by atoms with van der Waals surface area (Å²) in [5.41, 5.74) is 0.321. The molecule has 3 amide bonds. The summed E-state index contributed by atoms with van der Waals surface area (Å²) in [6.07, 6.45) is 3.21. The van der Waals surface area contributed by atoms with Crippen LogP contribution in [0.4, 0.5) is 19.3 Å². The summed E-state index contributed by atoms with van der Waals surface area (Å²) in [5.74, 6) is -1.23. The van der Waals surface area contributed by atoms with E-state index in [2.05, 4.69) is 20.9 Å². The summed E-state index contributed by atoms with van der Waals surface area (Å²) in [7, 11) is 0. The molecule has 178 valence electrons. The Bertz CT molecular complexity index is 1160. The van der Waals surface area contributed by atoms with Gasteiger partial charge in [-0.15, -0.1) is 11.3 Å². The number of para-hydroxylation sites is 2. The van der Waals surface area contributed by atoms with Gasteiger partial charge in [-0.05, 0) is 37.1 Å². The van der Waals surface area contributed by atoms with Crippen molar-refractivity contribution in [2.75, 3.05) is 5.32 Å². The van der Waals surface area contributed by atoms with Gasteiger partial charge in [0.05, 0.1) is 11.7 Å². The number of rotatable bonds is 7. The zero-order valence-electron chi connectivity index (χ0n) is 18.2. The molecule has 7 nitrogen and oxygen atoms in total. The van der Waals surface area contributed by atoms with E-state index in [1.165, 1.54) is 35.6 Å². The van der Waals surface area contributed by atoms with Crippen molar-refractivity contribution in [1.82, 2.24) is 15.6 Å². The Labute approximate surface area is 199 Å². The number of benzene rings is 2. The van der Waals surface area contributed by atoms with E-state index in [0.29, 0.717) is 17.8 Å². The largest absolute Gasteiger partial charge is 0.483 e. The van der Waals surface area contributed by atoms with E-state index in [0.717, 1.165) is 12.8 Å². The minimum Gasteiger partial charge on any atom is -0.483 e. The van der Waals surface area contributed by atoms with Crippen LogP contribution in [0, 0.1) is 11.6 Å². The Balaban J connectivity index is 1.32. The molecule has 2 unspecified atom stereocenters. The zero-order chi connectivity index (χ0) is 23.9. The monoisotopic (exact) mass is 486 g/mol. The van der Waals surface area contributed by atoms with Gasteiger partial charge in [-0.2, -0.15) is 0 Å². The number of thiazole rings is 1. The molecule has 1 aliphatic carbocycles. The average molecular weight is 487 g/mol. The highest BCUT2D eigenvalue weighted by molar-refractivity contribution is 7.09. The maximum absolute atomic E-state index is 13.8. The molecule has 2 atom stereocenters. The SMILES string of the molecule is O=C(Nc1ccccc1F)NC1CCCCC1NC(=O)c1csc(COc2ccccc2F)n1. The summed E-state index contributed by atoms with van der Waals surface area (Å²) in [6.45, 7) is 0.0444. The van der Waals surface area contributed by atoms with Crippen molar-refractivity contribution in [3.8, 4) is 5.75 Å². The third-order valence-electron chi connectivity index (χ3n) is 5.49. The van der Waals surface area contributed by atoms with Crippen molar-refractivity contribution in [3.05, 3.63) is 76.2 Å². The molecule has 1 aromatic heterocycles. The molecule has 3 N–H and O–H groups in total. The van der Waals surface area contributed by atoms with Gasteiger partial charge in [0.2, 0.25) is 0 Å². The van der Waals surface area contributed by atoms with Gasteiger partial charge in [-0.1, -0.05) is 37.1 Å². The lowest BCUT2D eigenvalue weighted by Gasteiger charge is -2.32. The van der Waals surface area contributed by atoms with E-state index in [1.807, 2.05) is 0 Å². The predicted octanol–water partition coefficient (Wildman–Crippen LogP) is 4.86. The summed E-state index contributed by atoms with van der Waals surface area (Å²) in [5, 5.41) is 10.5. The number of urea groups is 1. The van der Waals surface area contributed by atoms with Gasteiger partial charge in [-0.25, -0.2) is 18.6 Å². The van der Waals surface area contributed by atoms with Crippen molar-refractivity contribution in [1.29, 1.82) is 0 Å². The first-order valence-corrected chi connectivity index (χ1v) is 11.8. The molecule has 1 heterocycles. The molecule has 0 bridgehead atoms. The second-order valence-corrected chi connectivity index (χ2v) is 8.84. The van der Waals surface area contributed by atoms with Gasteiger partial charge in [0.1, 0.15) is 23.1 Å². The van der Waals surface area contributed by atoms with Crippen LogP contribution in [0.5, 0.6) is 5.75 Å². The highest BCUT2D eigenvalue weighted by Gasteiger charge is 2.29. The van der Waals surface area contributed by atoms with Crippen LogP contribution < -0.4 is 20.7 Å². The number of amides is 3. The minimum atomic E-state index is -0.530. The first-order valence-electron chi connectivity index (χ1n) is 10.9. The van der Waals surface area contributed by atoms with E-state index >= 15 is 0 Å². The predicted molar refractivity (Wildman–Crippen MR) is 125 cm³/mol. The van der Waals surface area contributed by atoms with Gasteiger partial charge >= 0.3 is 6.03 Å². The average Bonchev–Trinajstić information content (AvgIpc) is 3.31. The minimum absolute atomic E-state index is 0.0444. The zero-order valence-corrected chi connectivity index (χ0v) is 19.0. The molecule has 0 aliphatic heterocycles. The first-order chi connectivity index (χ1) is 16.5. The number of nitrogens with zero attached hydrogens (tertiary/aromatic N) is 1. The Morgan fingerprint density at radius 1 is 0.971 bits per heavy atom. The highest BCUT2D eigenvalue weighted by atomic mass is 32.1. The third-order valence-corrected chi connectivity index (χ3v) is 6.32. The molecule has 1 aliphatic rings. The molecular formula is C24H24F2N4O3S. The van der Waals surface area contributed by atoms with E-state index in [4.69, 9.17) is 4.74 Å². The van der Waals surface area contributed by atoms with Crippen LogP contribution in [-0.2, 0) is 6.61 Å². The molecule has 0 spiro atoms. The molecule has 2 aromatic carbocycles. The Morgan fingerprint density at radius 3 is 2.38 bits per heavy atom. The van der Waals surface area contributed by atoms with E-state index in [-0.39, 0.29) is 41.7 Å². The Morgan fingerprint density at radius 2 is 1.65 bits per heavy atom. The van der Waals surface area contributed by atoms with Crippen molar-refractivity contribution in [2.45, 2.75) is 44.4 Å². The van der Waals surface area contributed by atoms with Gasteiger partial charge in [0.15, 0.2) is 11.6 Å². The van der Waals surface area contributed by atoms with Crippen LogP contribution in [-0.4, -0.2) is 29.0 Å². The molecule has 34 heavy (non-hydrogen) atoms. The second kappa shape index (κ2) is 11.1. The van der Waals surface area contributed by atoms with Crippen LogP contribution in [0.3, 0.4) is 0 Å². The fourth-order valence-corrected chi connectivity index (χ4v) is 4.48. The number of hydrogen-bond donors (Lipinski definition) is 3. The molecule has 1 saturated carbocycles. The van der Waals surface area contributed by atoms with Crippen molar-refractivity contribution >= 4 is 29.0 Å². The van der Waals surface area contributed by atoms with E-state index in [9.17, 15) is 18.4 Å². The third kappa shape index (κ3) is 6.07. The number of carbonyl (C=O) groups is 2. The van der Waals surface area contributed by atoms with E-state index in [1.54, 1.807) is 29.6 Å². The van der Waals surface area contributed by atoms with Crippen LogP contribution in [0.1, 0.15) is 41.2 Å². The lowest BCUT2D eigenvalue weighted by atomic mass is 9.90. The quantitative estimate of drug-likeness (QED) is 0.445. The first kappa shape index (κ1) is 23.6. The van der Waals surface area contributed by atoms with Crippen LogP contribution >= 0.6 is 11.3 Å². The Hall–Kier alpha value is -3.53. The number of hydrogen-bond acceptors (Lipinski definition) is 5. The van der Waals surface area contributed by atoms with Gasteiger partial charge in [0, 0.05) is 11.4 Å². The molecule has 3 aromatic rings. The highest BCUT2D eigenvalue weighted by Crippen LogP contribution is 2.21. The van der Waals surface area contributed by atoms with Crippen molar-refractivity contribution in [2.24, 2.45) is 0 Å². The number of nitrogens with one attached hydrogen (secondary N) is 3.